The van der Waals surface area contributed by atoms with Gasteiger partial charge in [0.25, 0.3) is 0 Å². The molecule has 0 saturated heterocycles. The number of carbonyl (C=O) groups is 1. The number of rotatable bonds is 3. The van der Waals surface area contributed by atoms with Gasteiger partial charge in [0.05, 0.1) is 6.61 Å². The molecule has 1 fully saturated rings. The van der Waals surface area contributed by atoms with Crippen LogP contribution in [0.15, 0.2) is 18.2 Å². The Labute approximate surface area is 108 Å². The minimum atomic E-state index is 0.242. The van der Waals surface area contributed by atoms with E-state index in [0.29, 0.717) is 18.4 Å². The molecule has 0 spiro atoms. The van der Waals surface area contributed by atoms with Crippen molar-refractivity contribution in [3.8, 4) is 5.75 Å². The van der Waals surface area contributed by atoms with E-state index in [9.17, 15) is 4.79 Å². The second-order valence-electron chi connectivity index (χ2n) is 5.19. The maximum absolute atomic E-state index is 11.7. The maximum atomic E-state index is 11.7. The first-order chi connectivity index (χ1) is 8.72. The van der Waals surface area contributed by atoms with Crippen LogP contribution in [-0.2, 0) is 11.2 Å². The highest BCUT2D eigenvalue weighted by molar-refractivity contribution is 5.76. The Bertz CT molecular complexity index is 483. The topological polar surface area (TPSA) is 29.5 Å². The molecule has 1 saturated carbocycles. The SMILES string of the molecule is CCC(=O)N(C)C1CC1c1cccc2c1CCO2. The van der Waals surface area contributed by atoms with Gasteiger partial charge in [0.2, 0.25) is 5.91 Å². The quantitative estimate of drug-likeness (QED) is 0.818. The summed E-state index contributed by atoms with van der Waals surface area (Å²) < 4.78 is 5.60. The van der Waals surface area contributed by atoms with Gasteiger partial charge in [0.1, 0.15) is 5.75 Å². The van der Waals surface area contributed by atoms with Crippen molar-refractivity contribution >= 4 is 5.91 Å². The average molecular weight is 245 g/mol. The molecule has 3 rings (SSSR count). The molecule has 1 aromatic carbocycles. The highest BCUT2D eigenvalue weighted by Gasteiger charge is 2.44. The molecule has 0 bridgehead atoms. The van der Waals surface area contributed by atoms with Crippen LogP contribution in [0.4, 0.5) is 0 Å². The molecular formula is C15H19NO2. The third-order valence-corrected chi connectivity index (χ3v) is 4.13. The standard InChI is InChI=1S/C15H19NO2/c1-3-15(17)16(2)13-9-12(13)10-5-4-6-14-11(10)7-8-18-14/h4-6,12-13H,3,7-9H2,1-2H3. The van der Waals surface area contributed by atoms with Gasteiger partial charge in [-0.2, -0.15) is 0 Å². The van der Waals surface area contributed by atoms with E-state index in [1.54, 1.807) is 0 Å². The van der Waals surface area contributed by atoms with Gasteiger partial charge >= 0.3 is 0 Å². The Balaban J connectivity index is 1.79. The van der Waals surface area contributed by atoms with Crippen LogP contribution in [0.5, 0.6) is 5.75 Å². The van der Waals surface area contributed by atoms with Crippen LogP contribution in [0.1, 0.15) is 36.8 Å². The van der Waals surface area contributed by atoms with E-state index >= 15 is 0 Å². The van der Waals surface area contributed by atoms with Crippen molar-refractivity contribution in [2.24, 2.45) is 0 Å². The third-order valence-electron chi connectivity index (χ3n) is 4.13. The second-order valence-corrected chi connectivity index (χ2v) is 5.19. The first-order valence-corrected chi connectivity index (χ1v) is 6.72. The van der Waals surface area contributed by atoms with Gasteiger partial charge in [0, 0.05) is 37.4 Å². The van der Waals surface area contributed by atoms with Gasteiger partial charge in [-0.3, -0.25) is 4.79 Å². The van der Waals surface area contributed by atoms with E-state index in [0.717, 1.165) is 25.2 Å². The molecule has 0 radical (unpaired) electrons. The Morgan fingerprint density at radius 2 is 2.33 bits per heavy atom. The first-order valence-electron chi connectivity index (χ1n) is 6.72. The molecule has 18 heavy (non-hydrogen) atoms. The van der Waals surface area contributed by atoms with E-state index in [2.05, 4.69) is 12.1 Å². The second kappa shape index (κ2) is 4.30. The number of amides is 1. The summed E-state index contributed by atoms with van der Waals surface area (Å²) in [5.41, 5.74) is 2.76. The van der Waals surface area contributed by atoms with Crippen molar-refractivity contribution < 1.29 is 9.53 Å². The lowest BCUT2D eigenvalue weighted by Crippen LogP contribution is -2.28. The molecule has 1 aliphatic heterocycles. The lowest BCUT2D eigenvalue weighted by molar-refractivity contribution is -0.130. The van der Waals surface area contributed by atoms with Crippen LogP contribution >= 0.6 is 0 Å². The zero-order valence-corrected chi connectivity index (χ0v) is 11.0. The van der Waals surface area contributed by atoms with Crippen molar-refractivity contribution in [1.29, 1.82) is 0 Å². The smallest absolute Gasteiger partial charge is 0.222 e. The molecule has 0 N–H and O–H groups in total. The molecule has 2 aliphatic rings. The minimum absolute atomic E-state index is 0.242. The number of hydrogen-bond donors (Lipinski definition) is 0. The molecule has 1 aromatic rings. The van der Waals surface area contributed by atoms with Gasteiger partial charge in [-0.05, 0) is 18.1 Å². The maximum Gasteiger partial charge on any atom is 0.222 e. The van der Waals surface area contributed by atoms with Gasteiger partial charge < -0.3 is 9.64 Å². The molecule has 3 nitrogen and oxygen atoms in total. The van der Waals surface area contributed by atoms with Gasteiger partial charge in [-0.1, -0.05) is 19.1 Å². The summed E-state index contributed by atoms with van der Waals surface area (Å²) >= 11 is 0. The first kappa shape index (κ1) is 11.6. The molecule has 1 heterocycles. The molecule has 1 amide bonds. The molecule has 0 aromatic heterocycles. The van der Waals surface area contributed by atoms with Crippen LogP contribution in [0.25, 0.3) is 0 Å². The highest BCUT2D eigenvalue weighted by atomic mass is 16.5. The predicted octanol–water partition coefficient (Wildman–Crippen LogP) is 2.35. The van der Waals surface area contributed by atoms with E-state index in [1.807, 2.05) is 24.9 Å². The summed E-state index contributed by atoms with van der Waals surface area (Å²) in [5.74, 6) is 1.80. The van der Waals surface area contributed by atoms with Crippen LogP contribution in [0.3, 0.4) is 0 Å². The Morgan fingerprint density at radius 1 is 1.50 bits per heavy atom. The van der Waals surface area contributed by atoms with Crippen LogP contribution in [-0.4, -0.2) is 30.5 Å². The Morgan fingerprint density at radius 3 is 3.11 bits per heavy atom. The van der Waals surface area contributed by atoms with Crippen LogP contribution in [0.2, 0.25) is 0 Å². The van der Waals surface area contributed by atoms with Gasteiger partial charge in [0.15, 0.2) is 0 Å². The van der Waals surface area contributed by atoms with Gasteiger partial charge in [-0.15, -0.1) is 0 Å². The van der Waals surface area contributed by atoms with E-state index in [1.165, 1.54) is 11.1 Å². The molecular weight excluding hydrogens is 226 g/mol. The number of ether oxygens (including phenoxy) is 1. The lowest BCUT2D eigenvalue weighted by atomic mass is 10.0. The normalized spacial score (nSPS) is 24.3. The molecule has 2 unspecified atom stereocenters. The fourth-order valence-corrected chi connectivity index (χ4v) is 2.97. The summed E-state index contributed by atoms with van der Waals surface area (Å²) in [6, 6.07) is 6.70. The van der Waals surface area contributed by atoms with E-state index < -0.39 is 0 Å². The van der Waals surface area contributed by atoms with Crippen molar-refractivity contribution in [2.75, 3.05) is 13.7 Å². The minimum Gasteiger partial charge on any atom is -0.493 e. The molecule has 96 valence electrons. The fourth-order valence-electron chi connectivity index (χ4n) is 2.97. The molecule has 1 aliphatic carbocycles. The van der Waals surface area contributed by atoms with Crippen molar-refractivity contribution in [3.63, 3.8) is 0 Å². The molecule has 2 atom stereocenters. The zero-order chi connectivity index (χ0) is 12.7. The third kappa shape index (κ3) is 1.78. The predicted molar refractivity (Wildman–Crippen MR) is 69.8 cm³/mol. The Kier molecular flexibility index (Phi) is 2.77. The largest absolute Gasteiger partial charge is 0.493 e. The summed E-state index contributed by atoms with van der Waals surface area (Å²) in [7, 11) is 1.93. The monoisotopic (exact) mass is 245 g/mol. The number of fused-ring (bicyclic) bond motifs is 1. The zero-order valence-electron chi connectivity index (χ0n) is 11.0. The summed E-state index contributed by atoms with van der Waals surface area (Å²) in [4.78, 5) is 13.6. The van der Waals surface area contributed by atoms with E-state index in [-0.39, 0.29) is 5.91 Å². The van der Waals surface area contributed by atoms with E-state index in [4.69, 9.17) is 4.74 Å². The number of hydrogen-bond acceptors (Lipinski definition) is 2. The van der Waals surface area contributed by atoms with Crippen LogP contribution < -0.4 is 4.74 Å². The average Bonchev–Trinajstić information content (AvgIpc) is 3.04. The van der Waals surface area contributed by atoms with Crippen LogP contribution in [0, 0.1) is 0 Å². The number of carbonyl (C=O) groups excluding carboxylic acids is 1. The summed E-state index contributed by atoms with van der Waals surface area (Å²) in [6.07, 6.45) is 2.70. The fraction of sp³-hybridized carbons (Fsp3) is 0.533. The Hall–Kier alpha value is -1.51. The summed E-state index contributed by atoms with van der Waals surface area (Å²) in [5, 5.41) is 0. The van der Waals surface area contributed by atoms with Crippen molar-refractivity contribution in [3.05, 3.63) is 29.3 Å². The number of benzene rings is 1. The molecule has 3 heteroatoms. The number of likely N-dealkylation sites (N-methyl/N-ethyl adjacent to an activating group) is 1. The lowest BCUT2D eigenvalue weighted by Gasteiger charge is -2.17. The van der Waals surface area contributed by atoms with Crippen molar-refractivity contribution in [1.82, 2.24) is 4.90 Å². The van der Waals surface area contributed by atoms with Crippen molar-refractivity contribution in [2.45, 2.75) is 38.1 Å². The highest BCUT2D eigenvalue weighted by Crippen LogP contribution is 2.47. The summed E-state index contributed by atoms with van der Waals surface area (Å²) in [6.45, 7) is 2.72. The number of nitrogens with zero attached hydrogens (tertiary/aromatic N) is 1. The van der Waals surface area contributed by atoms with Gasteiger partial charge in [-0.25, -0.2) is 0 Å².